The highest BCUT2D eigenvalue weighted by Crippen LogP contribution is 2.36. The highest BCUT2D eigenvalue weighted by molar-refractivity contribution is 9.10. The first kappa shape index (κ1) is 17.1. The van der Waals surface area contributed by atoms with Gasteiger partial charge in [0.2, 0.25) is 0 Å². The molecule has 4 aromatic rings. The normalized spacial score (nSPS) is 12.9. The maximum atomic E-state index is 5.73. The van der Waals surface area contributed by atoms with E-state index >= 15 is 0 Å². The van der Waals surface area contributed by atoms with Gasteiger partial charge in [-0.1, -0.05) is 34.1 Å². The van der Waals surface area contributed by atoms with Crippen molar-refractivity contribution < 1.29 is 9.47 Å². The highest BCUT2D eigenvalue weighted by atomic mass is 79.9. The molecule has 28 heavy (non-hydrogen) atoms. The Labute approximate surface area is 171 Å². The van der Waals surface area contributed by atoms with Crippen molar-refractivity contribution in [3.63, 3.8) is 0 Å². The SMILES string of the molecule is Cc1ccc2nc(-c3cccc(Br)c3)c(Nc3ccc4c(c3)OCCO4)n2c1. The summed E-state index contributed by atoms with van der Waals surface area (Å²) in [5, 5.41) is 3.54. The lowest BCUT2D eigenvalue weighted by molar-refractivity contribution is 0.171. The summed E-state index contributed by atoms with van der Waals surface area (Å²) in [7, 11) is 0. The fourth-order valence-corrected chi connectivity index (χ4v) is 3.76. The lowest BCUT2D eigenvalue weighted by Crippen LogP contribution is -2.15. The number of nitrogens with one attached hydrogen (secondary N) is 1. The van der Waals surface area contributed by atoms with Crippen molar-refractivity contribution in [2.75, 3.05) is 18.5 Å². The third kappa shape index (κ3) is 3.10. The Morgan fingerprint density at radius 2 is 1.86 bits per heavy atom. The van der Waals surface area contributed by atoms with Crippen LogP contribution in [0.1, 0.15) is 5.56 Å². The quantitative estimate of drug-likeness (QED) is 0.455. The van der Waals surface area contributed by atoms with Gasteiger partial charge in [0.05, 0.1) is 0 Å². The molecular weight excluding hydrogens is 418 g/mol. The minimum atomic E-state index is 0.564. The molecule has 2 aromatic carbocycles. The fraction of sp³-hybridized carbons (Fsp3) is 0.136. The van der Waals surface area contributed by atoms with Crippen molar-refractivity contribution >= 4 is 33.1 Å². The minimum absolute atomic E-state index is 0.564. The van der Waals surface area contributed by atoms with E-state index in [1.54, 1.807) is 0 Å². The zero-order valence-corrected chi connectivity index (χ0v) is 16.9. The van der Waals surface area contributed by atoms with Gasteiger partial charge in [0.1, 0.15) is 30.4 Å². The number of hydrogen-bond acceptors (Lipinski definition) is 4. The van der Waals surface area contributed by atoms with Crippen LogP contribution in [0.15, 0.2) is 65.3 Å². The second-order valence-electron chi connectivity index (χ2n) is 6.74. The second-order valence-corrected chi connectivity index (χ2v) is 7.65. The molecule has 6 heteroatoms. The average molecular weight is 436 g/mol. The first-order valence-corrected chi connectivity index (χ1v) is 9.88. The van der Waals surface area contributed by atoms with Gasteiger partial charge in [-0.2, -0.15) is 0 Å². The van der Waals surface area contributed by atoms with Gasteiger partial charge in [-0.25, -0.2) is 4.98 Å². The highest BCUT2D eigenvalue weighted by Gasteiger charge is 2.17. The molecule has 0 amide bonds. The van der Waals surface area contributed by atoms with Gasteiger partial charge in [-0.15, -0.1) is 0 Å². The minimum Gasteiger partial charge on any atom is -0.486 e. The first-order valence-electron chi connectivity index (χ1n) is 9.09. The number of nitrogens with zero attached hydrogens (tertiary/aromatic N) is 2. The molecule has 0 radical (unpaired) electrons. The summed E-state index contributed by atoms with van der Waals surface area (Å²) in [4.78, 5) is 4.87. The summed E-state index contributed by atoms with van der Waals surface area (Å²) >= 11 is 3.56. The van der Waals surface area contributed by atoms with E-state index in [2.05, 4.69) is 57.0 Å². The van der Waals surface area contributed by atoms with Crippen LogP contribution in [0.5, 0.6) is 11.5 Å². The van der Waals surface area contributed by atoms with E-state index in [-0.39, 0.29) is 0 Å². The molecule has 1 aliphatic rings. The molecule has 0 aliphatic carbocycles. The number of imidazole rings is 1. The van der Waals surface area contributed by atoms with Crippen molar-refractivity contribution in [2.45, 2.75) is 6.92 Å². The van der Waals surface area contributed by atoms with Crippen LogP contribution in [0.25, 0.3) is 16.9 Å². The predicted octanol–water partition coefficient (Wildman–Crippen LogP) is 5.59. The van der Waals surface area contributed by atoms with E-state index in [1.807, 2.05) is 36.4 Å². The monoisotopic (exact) mass is 435 g/mol. The Balaban J connectivity index is 1.65. The van der Waals surface area contributed by atoms with E-state index in [1.165, 1.54) is 0 Å². The molecule has 0 atom stereocenters. The number of rotatable bonds is 3. The zero-order chi connectivity index (χ0) is 19.1. The van der Waals surface area contributed by atoms with Crippen LogP contribution in [0, 0.1) is 6.92 Å². The molecule has 0 fully saturated rings. The molecule has 0 bridgehead atoms. The third-order valence-corrected chi connectivity index (χ3v) is 5.16. The average Bonchev–Trinajstić information content (AvgIpc) is 3.05. The van der Waals surface area contributed by atoms with Crippen molar-refractivity contribution in [3.8, 4) is 22.8 Å². The Morgan fingerprint density at radius 3 is 2.71 bits per heavy atom. The van der Waals surface area contributed by atoms with Crippen molar-refractivity contribution in [2.24, 2.45) is 0 Å². The Bertz CT molecular complexity index is 1190. The molecule has 0 saturated carbocycles. The summed E-state index contributed by atoms with van der Waals surface area (Å²) in [6.45, 7) is 3.22. The Kier molecular flexibility index (Phi) is 4.20. The number of anilines is 2. The van der Waals surface area contributed by atoms with Gasteiger partial charge in [0.25, 0.3) is 0 Å². The zero-order valence-electron chi connectivity index (χ0n) is 15.3. The van der Waals surface area contributed by atoms with Crippen molar-refractivity contribution in [3.05, 3.63) is 70.8 Å². The van der Waals surface area contributed by atoms with E-state index in [0.717, 1.165) is 49.9 Å². The van der Waals surface area contributed by atoms with Gasteiger partial charge < -0.3 is 14.8 Å². The third-order valence-electron chi connectivity index (χ3n) is 4.67. The molecule has 2 aromatic heterocycles. The first-order chi connectivity index (χ1) is 13.7. The smallest absolute Gasteiger partial charge is 0.163 e. The molecule has 140 valence electrons. The number of fused-ring (bicyclic) bond motifs is 2. The van der Waals surface area contributed by atoms with Gasteiger partial charge in [0, 0.05) is 28.0 Å². The van der Waals surface area contributed by atoms with E-state index < -0.39 is 0 Å². The molecule has 5 nitrogen and oxygen atoms in total. The van der Waals surface area contributed by atoms with Crippen LogP contribution in [-0.2, 0) is 0 Å². The second kappa shape index (κ2) is 6.87. The number of aryl methyl sites for hydroxylation is 1. The summed E-state index contributed by atoms with van der Waals surface area (Å²) in [5.74, 6) is 2.44. The molecule has 0 unspecified atom stereocenters. The van der Waals surface area contributed by atoms with Crippen LogP contribution < -0.4 is 14.8 Å². The van der Waals surface area contributed by atoms with Crippen molar-refractivity contribution in [1.82, 2.24) is 9.38 Å². The molecular formula is C22H18BrN3O2. The van der Waals surface area contributed by atoms with Gasteiger partial charge in [-0.3, -0.25) is 4.40 Å². The standard InChI is InChI=1S/C22H18BrN3O2/c1-14-5-8-20-25-21(15-3-2-4-16(23)11-15)22(26(20)13-14)24-17-6-7-18-19(12-17)28-10-9-27-18/h2-8,11-13,24H,9-10H2,1H3. The number of halogens is 1. The lowest BCUT2D eigenvalue weighted by atomic mass is 10.1. The topological polar surface area (TPSA) is 47.8 Å². The molecule has 1 aliphatic heterocycles. The van der Waals surface area contributed by atoms with E-state index in [9.17, 15) is 0 Å². The summed E-state index contributed by atoms with van der Waals surface area (Å²) in [5.41, 5.74) is 4.90. The number of hydrogen-bond donors (Lipinski definition) is 1. The number of pyridine rings is 1. The van der Waals surface area contributed by atoms with Crippen LogP contribution in [0.4, 0.5) is 11.5 Å². The van der Waals surface area contributed by atoms with E-state index in [0.29, 0.717) is 13.2 Å². The molecule has 1 N–H and O–H groups in total. The number of benzene rings is 2. The molecule has 3 heterocycles. The van der Waals surface area contributed by atoms with Crippen LogP contribution in [0.2, 0.25) is 0 Å². The van der Waals surface area contributed by atoms with Gasteiger partial charge >= 0.3 is 0 Å². The van der Waals surface area contributed by atoms with Crippen LogP contribution >= 0.6 is 15.9 Å². The largest absolute Gasteiger partial charge is 0.486 e. The molecule has 0 spiro atoms. The molecule has 5 rings (SSSR count). The summed E-state index contributed by atoms with van der Waals surface area (Å²) in [6, 6.07) is 18.2. The maximum absolute atomic E-state index is 5.73. The van der Waals surface area contributed by atoms with Crippen molar-refractivity contribution in [1.29, 1.82) is 0 Å². The number of ether oxygens (including phenoxy) is 2. The Morgan fingerprint density at radius 1 is 1.00 bits per heavy atom. The summed E-state index contributed by atoms with van der Waals surface area (Å²) < 4.78 is 14.5. The Hall–Kier alpha value is -2.99. The van der Waals surface area contributed by atoms with Gasteiger partial charge in [0.15, 0.2) is 11.5 Å². The van der Waals surface area contributed by atoms with Gasteiger partial charge in [-0.05, 0) is 42.8 Å². The van der Waals surface area contributed by atoms with Crippen LogP contribution in [0.3, 0.4) is 0 Å². The fourth-order valence-electron chi connectivity index (χ4n) is 3.37. The van der Waals surface area contributed by atoms with Crippen LogP contribution in [-0.4, -0.2) is 22.6 Å². The molecule has 0 saturated heterocycles. The number of aromatic nitrogens is 2. The summed E-state index contributed by atoms with van der Waals surface area (Å²) in [6.07, 6.45) is 2.09. The maximum Gasteiger partial charge on any atom is 0.163 e. The predicted molar refractivity (Wildman–Crippen MR) is 114 cm³/mol. The van der Waals surface area contributed by atoms with E-state index in [4.69, 9.17) is 14.5 Å². The lowest BCUT2D eigenvalue weighted by Gasteiger charge is -2.19.